The van der Waals surface area contributed by atoms with E-state index in [9.17, 15) is 4.79 Å². The van der Waals surface area contributed by atoms with Crippen molar-refractivity contribution in [2.45, 2.75) is 58.2 Å². The molecule has 0 aromatic carbocycles. The second kappa shape index (κ2) is 5.53. The number of carbonyl (C=O) groups excluding carboxylic acids is 1. The largest absolute Gasteiger partial charge is 0.444 e. The van der Waals surface area contributed by atoms with E-state index >= 15 is 0 Å². The molecule has 94 valence electrons. The van der Waals surface area contributed by atoms with Crippen molar-refractivity contribution in [2.75, 3.05) is 6.61 Å². The molecule has 1 amide bonds. The summed E-state index contributed by atoms with van der Waals surface area (Å²) >= 11 is 0. The average Bonchev–Trinajstić information content (AvgIpc) is 2.49. The summed E-state index contributed by atoms with van der Waals surface area (Å²) in [6, 6.07) is 0. The average molecular weight is 229 g/mol. The lowest BCUT2D eigenvalue weighted by molar-refractivity contribution is 0.0223. The molecule has 1 aliphatic rings. The van der Waals surface area contributed by atoms with Crippen molar-refractivity contribution < 1.29 is 14.3 Å². The predicted molar refractivity (Wildman–Crippen MR) is 62.1 cm³/mol. The minimum atomic E-state index is -0.690. The minimum absolute atomic E-state index is 0.388. The van der Waals surface area contributed by atoms with Gasteiger partial charge in [-0.05, 0) is 52.4 Å². The summed E-state index contributed by atoms with van der Waals surface area (Å²) in [7, 11) is 0. The molecule has 0 radical (unpaired) electrons. The van der Waals surface area contributed by atoms with Crippen LogP contribution in [0.2, 0.25) is 0 Å². The summed E-state index contributed by atoms with van der Waals surface area (Å²) in [4.78, 5) is 10.7. The Kier molecular flexibility index (Phi) is 4.59. The Morgan fingerprint density at radius 3 is 2.69 bits per heavy atom. The molecule has 1 rings (SSSR count). The van der Waals surface area contributed by atoms with Crippen LogP contribution in [-0.4, -0.2) is 24.4 Å². The smallest absolute Gasteiger partial charge is 0.405 e. The number of ether oxygens (including phenoxy) is 2. The SMILES string of the molecule is CCOC1CCC(CC(C)(C)OC(N)=O)C1. The molecular formula is C12H23NO3. The summed E-state index contributed by atoms with van der Waals surface area (Å²) in [6.07, 6.45) is 3.89. The lowest BCUT2D eigenvalue weighted by atomic mass is 9.92. The molecule has 2 N–H and O–H groups in total. The Bertz CT molecular complexity index is 240. The van der Waals surface area contributed by atoms with Crippen LogP contribution in [0.1, 0.15) is 46.5 Å². The number of rotatable bonds is 5. The lowest BCUT2D eigenvalue weighted by Crippen LogP contribution is -2.33. The fourth-order valence-corrected chi connectivity index (χ4v) is 2.61. The van der Waals surface area contributed by atoms with Crippen LogP contribution in [0.15, 0.2) is 0 Å². The van der Waals surface area contributed by atoms with E-state index in [1.54, 1.807) is 0 Å². The summed E-state index contributed by atoms with van der Waals surface area (Å²) in [6.45, 7) is 6.61. The van der Waals surface area contributed by atoms with Gasteiger partial charge in [0.1, 0.15) is 5.60 Å². The van der Waals surface area contributed by atoms with Gasteiger partial charge in [-0.2, -0.15) is 0 Å². The van der Waals surface area contributed by atoms with Gasteiger partial charge in [-0.25, -0.2) is 4.79 Å². The normalized spacial score (nSPS) is 25.7. The van der Waals surface area contributed by atoms with E-state index in [1.165, 1.54) is 0 Å². The van der Waals surface area contributed by atoms with Crippen LogP contribution in [0.3, 0.4) is 0 Å². The number of hydrogen-bond donors (Lipinski definition) is 1. The maximum Gasteiger partial charge on any atom is 0.405 e. The van der Waals surface area contributed by atoms with Gasteiger partial charge in [0.15, 0.2) is 0 Å². The van der Waals surface area contributed by atoms with E-state index in [-0.39, 0.29) is 0 Å². The highest BCUT2D eigenvalue weighted by atomic mass is 16.6. The zero-order valence-electron chi connectivity index (χ0n) is 10.5. The Labute approximate surface area is 97.5 Å². The van der Waals surface area contributed by atoms with Gasteiger partial charge >= 0.3 is 6.09 Å². The highest BCUT2D eigenvalue weighted by Gasteiger charge is 2.32. The second-order valence-electron chi connectivity index (χ2n) is 5.14. The quantitative estimate of drug-likeness (QED) is 0.787. The standard InChI is InChI=1S/C12H23NO3/c1-4-15-10-6-5-9(7-10)8-12(2,3)16-11(13)14/h9-10H,4-8H2,1-3H3,(H2,13,14). The first-order chi connectivity index (χ1) is 7.43. The molecule has 0 bridgehead atoms. The van der Waals surface area contributed by atoms with Crippen molar-refractivity contribution >= 4 is 6.09 Å². The van der Waals surface area contributed by atoms with Crippen molar-refractivity contribution in [1.82, 2.24) is 0 Å². The van der Waals surface area contributed by atoms with Gasteiger partial charge in [0.2, 0.25) is 0 Å². The third-order valence-corrected chi connectivity index (χ3v) is 3.05. The van der Waals surface area contributed by atoms with E-state index in [4.69, 9.17) is 15.2 Å². The molecule has 2 atom stereocenters. The third-order valence-electron chi connectivity index (χ3n) is 3.05. The summed E-state index contributed by atoms with van der Waals surface area (Å²) in [5.74, 6) is 0.575. The molecular weight excluding hydrogens is 206 g/mol. The van der Waals surface area contributed by atoms with Gasteiger partial charge in [0.05, 0.1) is 6.10 Å². The second-order valence-corrected chi connectivity index (χ2v) is 5.14. The van der Waals surface area contributed by atoms with Gasteiger partial charge < -0.3 is 15.2 Å². The number of nitrogens with two attached hydrogens (primary N) is 1. The van der Waals surface area contributed by atoms with Gasteiger partial charge in [-0.3, -0.25) is 0 Å². The lowest BCUT2D eigenvalue weighted by Gasteiger charge is -2.27. The Balaban J connectivity index is 2.35. The topological polar surface area (TPSA) is 61.6 Å². The molecule has 1 aliphatic carbocycles. The monoisotopic (exact) mass is 229 g/mol. The highest BCUT2D eigenvalue weighted by Crippen LogP contribution is 2.34. The summed E-state index contributed by atoms with van der Waals surface area (Å²) in [5.41, 5.74) is 4.58. The molecule has 4 nitrogen and oxygen atoms in total. The zero-order valence-corrected chi connectivity index (χ0v) is 10.5. The van der Waals surface area contributed by atoms with Gasteiger partial charge in [-0.1, -0.05) is 0 Å². The predicted octanol–water partition coefficient (Wildman–Crippen LogP) is 2.46. The highest BCUT2D eigenvalue weighted by molar-refractivity contribution is 5.65. The van der Waals surface area contributed by atoms with Crippen LogP contribution < -0.4 is 5.73 Å². The maximum absolute atomic E-state index is 10.7. The number of amides is 1. The number of carbonyl (C=O) groups is 1. The first kappa shape index (κ1) is 13.3. The molecule has 0 saturated heterocycles. The molecule has 4 heteroatoms. The van der Waals surface area contributed by atoms with E-state index in [2.05, 4.69) is 0 Å². The molecule has 0 aromatic heterocycles. The number of primary amides is 1. The van der Waals surface area contributed by atoms with Gasteiger partial charge in [-0.15, -0.1) is 0 Å². The van der Waals surface area contributed by atoms with Crippen molar-refractivity contribution in [3.8, 4) is 0 Å². The summed E-state index contributed by atoms with van der Waals surface area (Å²) in [5, 5.41) is 0. The van der Waals surface area contributed by atoms with E-state index in [1.807, 2.05) is 20.8 Å². The molecule has 0 spiro atoms. The summed E-state index contributed by atoms with van der Waals surface area (Å²) < 4.78 is 10.7. The first-order valence-electron chi connectivity index (χ1n) is 6.03. The van der Waals surface area contributed by atoms with E-state index < -0.39 is 11.7 Å². The Morgan fingerprint density at radius 2 is 2.12 bits per heavy atom. The van der Waals surface area contributed by atoms with Crippen molar-refractivity contribution in [3.05, 3.63) is 0 Å². The molecule has 16 heavy (non-hydrogen) atoms. The first-order valence-corrected chi connectivity index (χ1v) is 6.03. The molecule has 1 saturated carbocycles. The zero-order chi connectivity index (χ0) is 12.2. The molecule has 0 heterocycles. The van der Waals surface area contributed by atoms with E-state index in [0.29, 0.717) is 12.0 Å². The molecule has 0 aliphatic heterocycles. The minimum Gasteiger partial charge on any atom is -0.444 e. The van der Waals surface area contributed by atoms with Crippen molar-refractivity contribution in [3.63, 3.8) is 0 Å². The Hall–Kier alpha value is -0.770. The molecule has 2 unspecified atom stereocenters. The number of hydrogen-bond acceptors (Lipinski definition) is 3. The van der Waals surface area contributed by atoms with E-state index in [0.717, 1.165) is 32.3 Å². The van der Waals surface area contributed by atoms with Crippen LogP contribution in [0.4, 0.5) is 4.79 Å². The van der Waals surface area contributed by atoms with Crippen LogP contribution in [0.5, 0.6) is 0 Å². The fourth-order valence-electron chi connectivity index (χ4n) is 2.61. The van der Waals surface area contributed by atoms with Gasteiger partial charge in [0.25, 0.3) is 0 Å². The maximum atomic E-state index is 10.7. The van der Waals surface area contributed by atoms with Crippen molar-refractivity contribution in [2.24, 2.45) is 11.7 Å². The van der Waals surface area contributed by atoms with Gasteiger partial charge in [0, 0.05) is 6.61 Å². The fraction of sp³-hybridized carbons (Fsp3) is 0.917. The van der Waals surface area contributed by atoms with Crippen LogP contribution >= 0.6 is 0 Å². The molecule has 1 fully saturated rings. The Morgan fingerprint density at radius 1 is 1.44 bits per heavy atom. The van der Waals surface area contributed by atoms with Crippen molar-refractivity contribution in [1.29, 1.82) is 0 Å². The molecule has 0 aromatic rings. The van der Waals surface area contributed by atoms with Crippen LogP contribution in [0.25, 0.3) is 0 Å². The third kappa shape index (κ3) is 4.39. The van der Waals surface area contributed by atoms with Crippen LogP contribution in [-0.2, 0) is 9.47 Å². The van der Waals surface area contributed by atoms with Crippen LogP contribution in [0, 0.1) is 5.92 Å².